The Balaban J connectivity index is 1.82. The van der Waals surface area contributed by atoms with Crippen LogP contribution in [0.5, 0.6) is 0 Å². The lowest BCUT2D eigenvalue weighted by Crippen LogP contribution is -2.44. The fourth-order valence-corrected chi connectivity index (χ4v) is 4.28. The Labute approximate surface area is 160 Å². The molecule has 3 unspecified atom stereocenters. The molecule has 3 atom stereocenters. The number of rotatable bonds is 2. The van der Waals surface area contributed by atoms with Crippen molar-refractivity contribution >= 4 is 11.9 Å². The maximum Gasteiger partial charge on any atom is 0.188 e. The zero-order valence-corrected chi connectivity index (χ0v) is 15.3. The van der Waals surface area contributed by atoms with E-state index < -0.39 is 29.4 Å². The van der Waals surface area contributed by atoms with Gasteiger partial charge < -0.3 is 0 Å². The summed E-state index contributed by atoms with van der Waals surface area (Å²) in [6.45, 7) is 0. The van der Waals surface area contributed by atoms with Crippen molar-refractivity contribution in [3.8, 4) is 0 Å². The van der Waals surface area contributed by atoms with Crippen molar-refractivity contribution in [1.29, 1.82) is 0 Å². The molecule has 2 heterocycles. The van der Waals surface area contributed by atoms with Gasteiger partial charge in [0.2, 0.25) is 0 Å². The lowest BCUT2D eigenvalue weighted by molar-refractivity contribution is -0.114. The van der Waals surface area contributed by atoms with E-state index >= 15 is 0 Å². The Bertz CT molecular complexity index is 939. The largest absolute Gasteiger partial charge is 0.292 e. The second-order valence-corrected chi connectivity index (χ2v) is 7.35. The number of hydrogen-bond donors (Lipinski definition) is 0. The summed E-state index contributed by atoms with van der Waals surface area (Å²) in [5.74, 6) is -2.63. The number of benzene rings is 1. The normalized spacial score (nSPS) is 30.8. The summed E-state index contributed by atoms with van der Waals surface area (Å²) < 4.78 is 56.6. The van der Waals surface area contributed by atoms with Gasteiger partial charge in [0.05, 0.1) is 0 Å². The predicted octanol–water partition coefficient (Wildman–Crippen LogP) is 4.84. The maximum atomic E-state index is 14.2. The highest BCUT2D eigenvalue weighted by molar-refractivity contribution is 6.14. The quantitative estimate of drug-likeness (QED) is 0.533. The van der Waals surface area contributed by atoms with E-state index in [0.29, 0.717) is 12.8 Å². The molecule has 2 bridgehead atoms. The third-order valence-electron chi connectivity index (χ3n) is 5.77. The van der Waals surface area contributed by atoms with Crippen LogP contribution in [0.25, 0.3) is 6.08 Å². The fourth-order valence-electron chi connectivity index (χ4n) is 4.28. The van der Waals surface area contributed by atoms with Gasteiger partial charge in [-0.15, -0.1) is 0 Å². The minimum Gasteiger partial charge on any atom is -0.292 e. The van der Waals surface area contributed by atoms with Crippen LogP contribution in [0.4, 0.5) is 17.6 Å². The SMILES string of the molecule is CN1C2CCC1/C(=C\c1c(F)cccc1F)C(=O)/C2=C/C1=C(F)C=CCC1F. The summed E-state index contributed by atoms with van der Waals surface area (Å²) >= 11 is 0. The van der Waals surface area contributed by atoms with E-state index in [1.54, 1.807) is 0 Å². The first-order valence-electron chi connectivity index (χ1n) is 9.22. The van der Waals surface area contributed by atoms with E-state index in [1.807, 2.05) is 11.9 Å². The van der Waals surface area contributed by atoms with Gasteiger partial charge in [-0.1, -0.05) is 12.1 Å². The number of Topliss-reactive ketones (excluding diaryl/α,β-unsaturated/α-hetero) is 1. The van der Waals surface area contributed by atoms with Crippen LogP contribution in [0.15, 0.2) is 59.0 Å². The van der Waals surface area contributed by atoms with Crippen molar-refractivity contribution in [3.05, 3.63) is 76.2 Å². The van der Waals surface area contributed by atoms with Crippen molar-refractivity contribution < 1.29 is 22.4 Å². The highest BCUT2D eigenvalue weighted by Crippen LogP contribution is 2.41. The Morgan fingerprint density at radius 3 is 2.25 bits per heavy atom. The molecule has 0 amide bonds. The molecule has 0 saturated carbocycles. The minimum atomic E-state index is -1.52. The molecule has 0 aromatic heterocycles. The molecule has 2 aliphatic heterocycles. The molecule has 0 radical (unpaired) electrons. The van der Waals surface area contributed by atoms with Gasteiger partial charge >= 0.3 is 0 Å². The molecule has 6 heteroatoms. The molecule has 146 valence electrons. The van der Waals surface area contributed by atoms with Gasteiger partial charge in [0.15, 0.2) is 5.78 Å². The van der Waals surface area contributed by atoms with Gasteiger partial charge in [0.25, 0.3) is 0 Å². The van der Waals surface area contributed by atoms with E-state index in [1.165, 1.54) is 30.4 Å². The second-order valence-electron chi connectivity index (χ2n) is 7.35. The molecular weight excluding hydrogens is 370 g/mol. The molecule has 3 aliphatic rings. The maximum absolute atomic E-state index is 14.2. The van der Waals surface area contributed by atoms with Crippen molar-refractivity contribution in [1.82, 2.24) is 4.90 Å². The van der Waals surface area contributed by atoms with Gasteiger partial charge in [-0.3, -0.25) is 9.69 Å². The molecule has 1 aromatic carbocycles. The number of piperidine rings is 1. The van der Waals surface area contributed by atoms with Crippen LogP contribution in [0, 0.1) is 11.6 Å². The molecule has 1 aliphatic carbocycles. The topological polar surface area (TPSA) is 20.3 Å². The number of alkyl halides is 1. The number of allylic oxidation sites excluding steroid dienone is 5. The fraction of sp³-hybridized carbons (Fsp3) is 0.318. The van der Waals surface area contributed by atoms with Gasteiger partial charge in [-0.2, -0.15) is 0 Å². The molecule has 4 rings (SSSR count). The van der Waals surface area contributed by atoms with Crippen molar-refractivity contribution in [2.24, 2.45) is 0 Å². The number of nitrogens with zero attached hydrogens (tertiary/aromatic N) is 1. The van der Waals surface area contributed by atoms with Crippen LogP contribution in [0.2, 0.25) is 0 Å². The average molecular weight is 389 g/mol. The van der Waals surface area contributed by atoms with Crippen molar-refractivity contribution in [3.63, 3.8) is 0 Å². The molecule has 1 aromatic rings. The summed E-state index contributed by atoms with van der Waals surface area (Å²) in [6.07, 6.45) is 4.93. The Morgan fingerprint density at radius 2 is 1.64 bits per heavy atom. The van der Waals surface area contributed by atoms with Crippen LogP contribution < -0.4 is 0 Å². The van der Waals surface area contributed by atoms with Gasteiger partial charge in [-0.05, 0) is 50.3 Å². The van der Waals surface area contributed by atoms with Gasteiger partial charge in [-0.25, -0.2) is 17.6 Å². The van der Waals surface area contributed by atoms with Crippen molar-refractivity contribution in [2.75, 3.05) is 7.05 Å². The molecule has 2 nitrogen and oxygen atoms in total. The third-order valence-corrected chi connectivity index (χ3v) is 5.77. The summed E-state index contributed by atoms with van der Waals surface area (Å²) in [7, 11) is 1.81. The molecule has 2 fully saturated rings. The molecule has 2 saturated heterocycles. The first kappa shape index (κ1) is 18.9. The average Bonchev–Trinajstić information content (AvgIpc) is 2.95. The van der Waals surface area contributed by atoms with E-state index in [-0.39, 0.29) is 40.8 Å². The zero-order chi connectivity index (χ0) is 20.0. The minimum absolute atomic E-state index is 0.0486. The van der Waals surface area contributed by atoms with E-state index in [0.717, 1.165) is 12.1 Å². The van der Waals surface area contributed by atoms with Crippen molar-refractivity contribution in [2.45, 2.75) is 37.5 Å². The van der Waals surface area contributed by atoms with Gasteiger partial charge in [0.1, 0.15) is 23.6 Å². The first-order valence-corrected chi connectivity index (χ1v) is 9.22. The smallest absolute Gasteiger partial charge is 0.188 e. The number of carbonyl (C=O) groups excluding carboxylic acids is 1. The van der Waals surface area contributed by atoms with Crippen LogP contribution in [-0.4, -0.2) is 36.0 Å². The third kappa shape index (κ3) is 3.05. The van der Waals surface area contributed by atoms with E-state index in [4.69, 9.17) is 0 Å². The number of ketones is 1. The molecule has 28 heavy (non-hydrogen) atoms. The first-order chi connectivity index (χ1) is 13.4. The van der Waals surface area contributed by atoms with Crippen LogP contribution >= 0.6 is 0 Å². The second kappa shape index (κ2) is 7.17. The number of hydrogen-bond acceptors (Lipinski definition) is 2. The number of fused-ring (bicyclic) bond motifs is 2. The monoisotopic (exact) mass is 389 g/mol. The number of carbonyl (C=O) groups is 1. The molecular formula is C22H19F4NO. The Morgan fingerprint density at radius 1 is 1.04 bits per heavy atom. The summed E-state index contributed by atoms with van der Waals surface area (Å²) in [5, 5.41) is 0. The summed E-state index contributed by atoms with van der Waals surface area (Å²) in [4.78, 5) is 15.1. The zero-order valence-electron chi connectivity index (χ0n) is 15.3. The summed E-state index contributed by atoms with van der Waals surface area (Å²) in [5.41, 5.74) is 0.0796. The number of halogens is 4. The predicted molar refractivity (Wildman–Crippen MR) is 98.8 cm³/mol. The standard InChI is InChI=1S/C22H19F4NO/c1-27-20-8-9-21(27)15(11-13-18(25)6-3-7-19(13)26)22(28)14(20)10-12-16(23)4-2-5-17(12)24/h2-6,10-11,19-21H,7-9H2,1H3/b14-10+,15-11+. The highest BCUT2D eigenvalue weighted by atomic mass is 19.1. The van der Waals surface area contributed by atoms with E-state index in [9.17, 15) is 22.4 Å². The number of likely N-dealkylation sites (N-methyl/N-ethyl adjacent to an activating group) is 1. The Hall–Kier alpha value is -2.47. The summed E-state index contributed by atoms with van der Waals surface area (Å²) in [6, 6.07) is 2.97. The molecule has 0 spiro atoms. The van der Waals surface area contributed by atoms with Crippen LogP contribution in [0.1, 0.15) is 24.8 Å². The van der Waals surface area contributed by atoms with Gasteiger partial charge in [0, 0.05) is 40.8 Å². The molecule has 0 N–H and O–H groups in total. The lowest BCUT2D eigenvalue weighted by atomic mass is 9.87. The van der Waals surface area contributed by atoms with Crippen LogP contribution in [0.3, 0.4) is 0 Å². The highest BCUT2D eigenvalue weighted by Gasteiger charge is 2.45. The van der Waals surface area contributed by atoms with E-state index in [2.05, 4.69) is 0 Å². The van der Waals surface area contributed by atoms with Crippen LogP contribution in [-0.2, 0) is 4.79 Å². The Kier molecular flexibility index (Phi) is 4.83. The lowest BCUT2D eigenvalue weighted by Gasteiger charge is -2.34.